The third kappa shape index (κ3) is 5.87. The van der Waals surface area contributed by atoms with E-state index in [0.29, 0.717) is 19.5 Å². The number of rotatable bonds is 8. The van der Waals surface area contributed by atoms with Gasteiger partial charge in [0.15, 0.2) is 0 Å². The van der Waals surface area contributed by atoms with E-state index < -0.39 is 0 Å². The van der Waals surface area contributed by atoms with Crippen LogP contribution in [0.5, 0.6) is 0 Å². The number of amides is 2. The fourth-order valence-corrected chi connectivity index (χ4v) is 1.89. The summed E-state index contributed by atoms with van der Waals surface area (Å²) >= 11 is 0. The van der Waals surface area contributed by atoms with Gasteiger partial charge < -0.3 is 10.2 Å². The van der Waals surface area contributed by atoms with Gasteiger partial charge in [0.25, 0.3) is 0 Å². The number of hydrogen-bond donors (Lipinski definition) is 1. The lowest BCUT2D eigenvalue weighted by molar-refractivity contribution is -0.133. The Morgan fingerprint density at radius 1 is 1.15 bits per heavy atom. The lowest BCUT2D eigenvalue weighted by Crippen LogP contribution is -2.39. The molecular weight excluding hydrogens is 252 g/mol. The van der Waals surface area contributed by atoms with Gasteiger partial charge in [-0.05, 0) is 18.9 Å². The highest BCUT2D eigenvalue weighted by Crippen LogP contribution is 2.04. The molecule has 0 heterocycles. The Morgan fingerprint density at radius 2 is 1.85 bits per heavy atom. The second kappa shape index (κ2) is 9.13. The molecule has 0 aliphatic rings. The molecule has 0 aromatic heterocycles. The van der Waals surface area contributed by atoms with Crippen LogP contribution in [0.1, 0.15) is 38.7 Å². The Kier molecular flexibility index (Phi) is 7.40. The van der Waals surface area contributed by atoms with E-state index in [0.717, 1.165) is 18.4 Å². The summed E-state index contributed by atoms with van der Waals surface area (Å²) in [7, 11) is 0. The van der Waals surface area contributed by atoms with Crippen molar-refractivity contribution in [3.8, 4) is 0 Å². The highest BCUT2D eigenvalue weighted by molar-refractivity contribution is 5.84. The van der Waals surface area contributed by atoms with Gasteiger partial charge >= 0.3 is 0 Å². The summed E-state index contributed by atoms with van der Waals surface area (Å²) in [6, 6.07) is 9.86. The van der Waals surface area contributed by atoms with E-state index in [1.807, 2.05) is 44.2 Å². The van der Waals surface area contributed by atoms with Crippen LogP contribution in [0.4, 0.5) is 0 Å². The topological polar surface area (TPSA) is 49.4 Å². The van der Waals surface area contributed by atoms with E-state index in [9.17, 15) is 9.59 Å². The summed E-state index contributed by atoms with van der Waals surface area (Å²) in [5.74, 6) is -0.0860. The second-order valence-electron chi connectivity index (χ2n) is 4.77. The van der Waals surface area contributed by atoms with Crippen molar-refractivity contribution in [3.05, 3.63) is 35.9 Å². The minimum Gasteiger partial charge on any atom is -0.347 e. The molecule has 0 bridgehead atoms. The largest absolute Gasteiger partial charge is 0.347 e. The maximum absolute atomic E-state index is 12.1. The van der Waals surface area contributed by atoms with E-state index in [1.54, 1.807) is 4.90 Å². The molecule has 110 valence electrons. The van der Waals surface area contributed by atoms with Crippen LogP contribution in [0.3, 0.4) is 0 Å². The standard InChI is InChI=1S/C16H24N2O2/c1-3-5-11-15(19)17-12-16(20)18(4-2)13-14-9-7-6-8-10-14/h6-10H,3-5,11-13H2,1-2H3,(H,17,19). The molecule has 0 unspecified atom stereocenters. The molecule has 0 fully saturated rings. The lowest BCUT2D eigenvalue weighted by Gasteiger charge is -2.21. The van der Waals surface area contributed by atoms with Gasteiger partial charge in [0.05, 0.1) is 6.54 Å². The number of carbonyl (C=O) groups is 2. The molecule has 1 N–H and O–H groups in total. The minimum absolute atomic E-state index is 0.0406. The average Bonchev–Trinajstić information content (AvgIpc) is 2.49. The first-order chi connectivity index (χ1) is 9.67. The fourth-order valence-electron chi connectivity index (χ4n) is 1.89. The first kappa shape index (κ1) is 16.2. The third-order valence-electron chi connectivity index (χ3n) is 3.14. The van der Waals surface area contributed by atoms with Crippen molar-refractivity contribution in [2.75, 3.05) is 13.1 Å². The number of hydrogen-bond acceptors (Lipinski definition) is 2. The zero-order valence-electron chi connectivity index (χ0n) is 12.4. The summed E-state index contributed by atoms with van der Waals surface area (Å²) in [6.07, 6.45) is 2.34. The Balaban J connectivity index is 2.41. The predicted molar refractivity (Wildman–Crippen MR) is 80.1 cm³/mol. The summed E-state index contributed by atoms with van der Waals surface area (Å²) in [5.41, 5.74) is 1.10. The molecule has 0 radical (unpaired) electrons. The molecule has 0 saturated carbocycles. The van der Waals surface area contributed by atoms with Crippen LogP contribution in [-0.2, 0) is 16.1 Å². The molecule has 2 amide bonds. The normalized spacial score (nSPS) is 10.1. The SMILES string of the molecule is CCCCC(=O)NCC(=O)N(CC)Cc1ccccc1. The number of unbranched alkanes of at least 4 members (excludes halogenated alkanes) is 1. The van der Waals surface area contributed by atoms with Crippen molar-refractivity contribution < 1.29 is 9.59 Å². The summed E-state index contributed by atoms with van der Waals surface area (Å²) in [6.45, 7) is 5.29. The zero-order chi connectivity index (χ0) is 14.8. The number of carbonyl (C=O) groups excluding carboxylic acids is 2. The van der Waals surface area contributed by atoms with Gasteiger partial charge in [0, 0.05) is 19.5 Å². The van der Waals surface area contributed by atoms with Crippen molar-refractivity contribution in [2.24, 2.45) is 0 Å². The Labute approximate surface area is 121 Å². The van der Waals surface area contributed by atoms with Crippen molar-refractivity contribution in [3.63, 3.8) is 0 Å². The zero-order valence-corrected chi connectivity index (χ0v) is 12.4. The molecule has 1 rings (SSSR count). The van der Waals surface area contributed by atoms with Gasteiger partial charge in [-0.15, -0.1) is 0 Å². The molecule has 0 spiro atoms. The van der Waals surface area contributed by atoms with Crippen molar-refractivity contribution >= 4 is 11.8 Å². The van der Waals surface area contributed by atoms with E-state index in [2.05, 4.69) is 5.32 Å². The first-order valence-corrected chi connectivity index (χ1v) is 7.25. The molecular formula is C16H24N2O2. The summed E-state index contributed by atoms with van der Waals surface area (Å²) < 4.78 is 0. The Bertz CT molecular complexity index is 418. The molecule has 0 aliphatic heterocycles. The molecule has 20 heavy (non-hydrogen) atoms. The van der Waals surface area contributed by atoms with Crippen LogP contribution in [0.2, 0.25) is 0 Å². The summed E-state index contributed by atoms with van der Waals surface area (Å²) in [5, 5.41) is 2.69. The van der Waals surface area contributed by atoms with Crippen LogP contribution in [0.15, 0.2) is 30.3 Å². The van der Waals surface area contributed by atoms with Crippen LogP contribution in [0, 0.1) is 0 Å². The Morgan fingerprint density at radius 3 is 2.45 bits per heavy atom. The molecule has 0 atom stereocenters. The van der Waals surface area contributed by atoms with Crippen LogP contribution in [-0.4, -0.2) is 29.8 Å². The van der Waals surface area contributed by atoms with Crippen molar-refractivity contribution in [1.82, 2.24) is 10.2 Å². The number of nitrogens with zero attached hydrogens (tertiary/aromatic N) is 1. The highest BCUT2D eigenvalue weighted by Gasteiger charge is 2.12. The summed E-state index contributed by atoms with van der Waals surface area (Å²) in [4.78, 5) is 25.3. The van der Waals surface area contributed by atoms with Crippen LogP contribution >= 0.6 is 0 Å². The van der Waals surface area contributed by atoms with Gasteiger partial charge in [-0.2, -0.15) is 0 Å². The third-order valence-corrected chi connectivity index (χ3v) is 3.14. The predicted octanol–water partition coefficient (Wildman–Crippen LogP) is 2.34. The van der Waals surface area contributed by atoms with E-state index in [-0.39, 0.29) is 18.4 Å². The second-order valence-corrected chi connectivity index (χ2v) is 4.77. The average molecular weight is 276 g/mol. The maximum Gasteiger partial charge on any atom is 0.242 e. The van der Waals surface area contributed by atoms with Gasteiger partial charge in [-0.1, -0.05) is 43.7 Å². The molecule has 1 aromatic carbocycles. The molecule has 4 nitrogen and oxygen atoms in total. The van der Waals surface area contributed by atoms with E-state index in [1.165, 1.54) is 0 Å². The van der Waals surface area contributed by atoms with Gasteiger partial charge in [-0.3, -0.25) is 9.59 Å². The maximum atomic E-state index is 12.1. The minimum atomic E-state index is -0.0454. The molecule has 4 heteroatoms. The van der Waals surface area contributed by atoms with Gasteiger partial charge in [0.1, 0.15) is 0 Å². The van der Waals surface area contributed by atoms with E-state index in [4.69, 9.17) is 0 Å². The molecule has 1 aromatic rings. The van der Waals surface area contributed by atoms with Crippen molar-refractivity contribution in [1.29, 1.82) is 0 Å². The monoisotopic (exact) mass is 276 g/mol. The lowest BCUT2D eigenvalue weighted by atomic mass is 10.2. The van der Waals surface area contributed by atoms with Gasteiger partial charge in [0.2, 0.25) is 11.8 Å². The molecule has 0 aliphatic carbocycles. The van der Waals surface area contributed by atoms with Crippen LogP contribution < -0.4 is 5.32 Å². The van der Waals surface area contributed by atoms with E-state index >= 15 is 0 Å². The number of likely N-dealkylation sites (N-methyl/N-ethyl adjacent to an activating group) is 1. The molecule has 0 saturated heterocycles. The Hall–Kier alpha value is -1.84. The van der Waals surface area contributed by atoms with Crippen LogP contribution in [0.25, 0.3) is 0 Å². The van der Waals surface area contributed by atoms with Gasteiger partial charge in [-0.25, -0.2) is 0 Å². The quantitative estimate of drug-likeness (QED) is 0.792. The highest BCUT2D eigenvalue weighted by atomic mass is 16.2. The first-order valence-electron chi connectivity index (χ1n) is 7.25. The number of benzene rings is 1. The van der Waals surface area contributed by atoms with Crippen molar-refractivity contribution in [2.45, 2.75) is 39.7 Å². The number of nitrogens with one attached hydrogen (secondary N) is 1. The fraction of sp³-hybridized carbons (Fsp3) is 0.500. The smallest absolute Gasteiger partial charge is 0.242 e.